The van der Waals surface area contributed by atoms with Crippen molar-refractivity contribution in [2.24, 2.45) is 11.8 Å². The summed E-state index contributed by atoms with van der Waals surface area (Å²) in [5.74, 6) is -1.01. The predicted molar refractivity (Wildman–Crippen MR) is 124 cm³/mol. The van der Waals surface area contributed by atoms with Crippen LogP contribution in [0.15, 0.2) is 48.5 Å². The molecule has 0 radical (unpaired) electrons. The highest BCUT2D eigenvalue weighted by atomic mass is 16.5. The number of hydrogen-bond donors (Lipinski definition) is 3. The number of nitrogens with one attached hydrogen (secondary N) is 2. The van der Waals surface area contributed by atoms with Gasteiger partial charge in [0.2, 0.25) is 5.91 Å². The number of hydrogen-bond acceptors (Lipinski definition) is 4. The van der Waals surface area contributed by atoms with Crippen LogP contribution >= 0.6 is 0 Å². The monoisotopic (exact) mass is 450 g/mol. The molecule has 7 nitrogen and oxygen atoms in total. The van der Waals surface area contributed by atoms with Crippen LogP contribution in [0.3, 0.4) is 0 Å². The van der Waals surface area contributed by atoms with E-state index in [0.717, 1.165) is 35.1 Å². The fraction of sp³-hybridized carbons (Fsp3) is 0.423. The molecule has 0 bridgehead atoms. The van der Waals surface area contributed by atoms with Gasteiger partial charge in [0, 0.05) is 18.9 Å². The number of fused-ring (bicyclic) bond motifs is 3. The molecule has 7 heteroatoms. The Kier molecular flexibility index (Phi) is 6.96. The van der Waals surface area contributed by atoms with Crippen LogP contribution in [-0.2, 0) is 14.3 Å². The second kappa shape index (κ2) is 10.1. The van der Waals surface area contributed by atoms with Gasteiger partial charge in [0.1, 0.15) is 12.6 Å². The van der Waals surface area contributed by atoms with Crippen LogP contribution in [0.5, 0.6) is 0 Å². The Labute approximate surface area is 193 Å². The van der Waals surface area contributed by atoms with E-state index < -0.39 is 18.1 Å². The standard InChI is InChI=1S/C26H30N2O5/c1-16(12-24(29)30)14-27-25(31)23(13-17-10-11-17)28-26(32)33-15-22-20-8-4-2-6-18(20)19-7-3-5-9-21(19)22/h2-9,16-17,22-23H,10-15H2,1H3,(H,27,31)(H,28,32)(H,29,30)/t16?,23-/m0/s1. The van der Waals surface area contributed by atoms with Gasteiger partial charge in [-0.2, -0.15) is 0 Å². The average molecular weight is 451 g/mol. The Morgan fingerprint density at radius 2 is 1.64 bits per heavy atom. The maximum absolute atomic E-state index is 12.7. The maximum Gasteiger partial charge on any atom is 0.407 e. The van der Waals surface area contributed by atoms with Gasteiger partial charge in [0.25, 0.3) is 0 Å². The largest absolute Gasteiger partial charge is 0.481 e. The molecule has 0 spiro atoms. The fourth-order valence-electron chi connectivity index (χ4n) is 4.47. The number of carbonyl (C=O) groups is 3. The van der Waals surface area contributed by atoms with Gasteiger partial charge in [-0.25, -0.2) is 4.79 Å². The van der Waals surface area contributed by atoms with Gasteiger partial charge in [0.05, 0.1) is 0 Å². The molecule has 2 amide bonds. The quantitative estimate of drug-likeness (QED) is 0.509. The van der Waals surface area contributed by atoms with Crippen LogP contribution in [0.1, 0.15) is 49.7 Å². The van der Waals surface area contributed by atoms with Crippen LogP contribution in [0.4, 0.5) is 4.79 Å². The summed E-state index contributed by atoms with van der Waals surface area (Å²) in [4.78, 5) is 36.2. The highest BCUT2D eigenvalue weighted by Gasteiger charge is 2.32. The van der Waals surface area contributed by atoms with Gasteiger partial charge >= 0.3 is 12.1 Å². The number of carboxylic acid groups (broad SMARTS) is 1. The average Bonchev–Trinajstić information content (AvgIpc) is 3.56. The van der Waals surface area contributed by atoms with Crippen molar-refractivity contribution in [2.45, 2.75) is 44.6 Å². The van der Waals surface area contributed by atoms with Gasteiger partial charge in [-0.1, -0.05) is 68.3 Å². The first-order valence-corrected chi connectivity index (χ1v) is 11.5. The third-order valence-corrected chi connectivity index (χ3v) is 6.37. The summed E-state index contributed by atoms with van der Waals surface area (Å²) in [5, 5.41) is 14.4. The van der Waals surface area contributed by atoms with Crippen molar-refractivity contribution in [1.29, 1.82) is 0 Å². The number of carbonyl (C=O) groups excluding carboxylic acids is 2. The summed E-state index contributed by atoms with van der Waals surface area (Å²) in [6, 6.07) is 15.6. The zero-order valence-electron chi connectivity index (χ0n) is 18.8. The Bertz CT molecular complexity index is 987. The molecule has 0 aliphatic heterocycles. The van der Waals surface area contributed by atoms with E-state index in [1.165, 1.54) is 0 Å². The van der Waals surface area contributed by atoms with Crippen LogP contribution in [-0.4, -0.2) is 42.3 Å². The molecule has 0 aromatic heterocycles. The molecule has 33 heavy (non-hydrogen) atoms. The minimum absolute atomic E-state index is 0.0205. The number of alkyl carbamates (subject to hydrolysis) is 1. The van der Waals surface area contributed by atoms with E-state index in [2.05, 4.69) is 34.9 Å². The number of amides is 2. The molecule has 2 aromatic rings. The van der Waals surface area contributed by atoms with E-state index in [1.807, 2.05) is 24.3 Å². The van der Waals surface area contributed by atoms with E-state index in [1.54, 1.807) is 6.92 Å². The summed E-state index contributed by atoms with van der Waals surface area (Å²) >= 11 is 0. The molecular formula is C26H30N2O5. The van der Waals surface area contributed by atoms with E-state index in [4.69, 9.17) is 9.84 Å². The number of carboxylic acids is 1. The van der Waals surface area contributed by atoms with Crippen molar-refractivity contribution in [3.05, 3.63) is 59.7 Å². The van der Waals surface area contributed by atoms with Gasteiger partial charge < -0.3 is 20.5 Å². The first kappa shape index (κ1) is 22.8. The molecule has 0 saturated heterocycles. The van der Waals surface area contributed by atoms with Crippen molar-refractivity contribution in [3.63, 3.8) is 0 Å². The number of rotatable bonds is 10. The molecule has 0 heterocycles. The van der Waals surface area contributed by atoms with Crippen molar-refractivity contribution in [3.8, 4) is 11.1 Å². The van der Waals surface area contributed by atoms with Crippen molar-refractivity contribution in [1.82, 2.24) is 10.6 Å². The second-order valence-electron chi connectivity index (χ2n) is 9.15. The van der Waals surface area contributed by atoms with Crippen LogP contribution in [0.2, 0.25) is 0 Å². The molecule has 1 saturated carbocycles. The molecule has 1 unspecified atom stereocenters. The first-order valence-electron chi connectivity index (χ1n) is 11.5. The molecule has 4 rings (SSSR count). The number of ether oxygens (including phenoxy) is 1. The lowest BCUT2D eigenvalue weighted by Crippen LogP contribution is -2.48. The zero-order valence-corrected chi connectivity index (χ0v) is 18.8. The number of aliphatic carboxylic acids is 1. The van der Waals surface area contributed by atoms with E-state index in [0.29, 0.717) is 12.3 Å². The summed E-state index contributed by atoms with van der Waals surface area (Å²) < 4.78 is 5.59. The van der Waals surface area contributed by atoms with E-state index >= 15 is 0 Å². The summed E-state index contributed by atoms with van der Waals surface area (Å²) in [6.07, 6.45) is 2.02. The topological polar surface area (TPSA) is 105 Å². The summed E-state index contributed by atoms with van der Waals surface area (Å²) in [6.45, 7) is 2.20. The van der Waals surface area contributed by atoms with E-state index in [9.17, 15) is 14.4 Å². The molecule has 2 atom stereocenters. The van der Waals surface area contributed by atoms with Crippen molar-refractivity contribution < 1.29 is 24.2 Å². The SMILES string of the molecule is CC(CNC(=O)[C@H](CC1CC1)NC(=O)OCC1c2ccccc2-c2ccccc21)CC(=O)O. The maximum atomic E-state index is 12.7. The minimum atomic E-state index is -0.900. The fourth-order valence-corrected chi connectivity index (χ4v) is 4.47. The minimum Gasteiger partial charge on any atom is -0.481 e. The lowest BCUT2D eigenvalue weighted by Gasteiger charge is -2.20. The Hall–Kier alpha value is -3.35. The normalized spacial score (nSPS) is 16.3. The predicted octanol–water partition coefficient (Wildman–Crippen LogP) is 3.92. The lowest BCUT2D eigenvalue weighted by atomic mass is 9.98. The lowest BCUT2D eigenvalue weighted by molar-refractivity contribution is -0.138. The molecular weight excluding hydrogens is 420 g/mol. The number of benzene rings is 2. The molecule has 3 N–H and O–H groups in total. The van der Waals surface area contributed by atoms with Gasteiger partial charge in [-0.15, -0.1) is 0 Å². The van der Waals surface area contributed by atoms with Gasteiger partial charge in [0.15, 0.2) is 0 Å². The smallest absolute Gasteiger partial charge is 0.407 e. The van der Waals surface area contributed by atoms with Crippen molar-refractivity contribution >= 4 is 18.0 Å². The van der Waals surface area contributed by atoms with Gasteiger partial charge in [-0.05, 0) is 40.5 Å². The second-order valence-corrected chi connectivity index (χ2v) is 9.15. The Morgan fingerprint density at radius 1 is 1.03 bits per heavy atom. The van der Waals surface area contributed by atoms with Crippen molar-refractivity contribution in [2.75, 3.05) is 13.2 Å². The highest BCUT2D eigenvalue weighted by molar-refractivity contribution is 5.86. The van der Waals surface area contributed by atoms with E-state index in [-0.39, 0.29) is 37.3 Å². The summed E-state index contributed by atoms with van der Waals surface area (Å²) in [7, 11) is 0. The Morgan fingerprint density at radius 3 is 2.21 bits per heavy atom. The van der Waals surface area contributed by atoms with Crippen LogP contribution in [0, 0.1) is 11.8 Å². The molecule has 2 aliphatic carbocycles. The third kappa shape index (κ3) is 5.72. The van der Waals surface area contributed by atoms with Crippen LogP contribution < -0.4 is 10.6 Å². The molecule has 174 valence electrons. The molecule has 2 aromatic carbocycles. The third-order valence-electron chi connectivity index (χ3n) is 6.37. The zero-order chi connectivity index (χ0) is 23.4. The Balaban J connectivity index is 1.35. The first-order chi connectivity index (χ1) is 15.9. The highest BCUT2D eigenvalue weighted by Crippen LogP contribution is 2.44. The molecule has 1 fully saturated rings. The molecule has 2 aliphatic rings. The van der Waals surface area contributed by atoms with Crippen LogP contribution in [0.25, 0.3) is 11.1 Å². The summed E-state index contributed by atoms with van der Waals surface area (Å²) in [5.41, 5.74) is 4.57. The van der Waals surface area contributed by atoms with Gasteiger partial charge in [-0.3, -0.25) is 9.59 Å².